The fourth-order valence-electron chi connectivity index (χ4n) is 2.69. The SMILES string of the molecule is CCCNC(CC1CCOC1)c1cccc(C(F)(F)F)c1. The van der Waals surface area contributed by atoms with Gasteiger partial charge in [-0.1, -0.05) is 19.1 Å². The van der Waals surface area contributed by atoms with E-state index < -0.39 is 11.7 Å². The molecular formula is C16H22F3NO. The molecule has 1 aromatic carbocycles. The minimum Gasteiger partial charge on any atom is -0.381 e. The first-order valence-electron chi connectivity index (χ1n) is 7.49. The molecule has 118 valence electrons. The molecule has 0 spiro atoms. The van der Waals surface area contributed by atoms with Gasteiger partial charge >= 0.3 is 6.18 Å². The van der Waals surface area contributed by atoms with E-state index in [9.17, 15) is 13.2 Å². The monoisotopic (exact) mass is 301 g/mol. The Morgan fingerprint density at radius 1 is 1.38 bits per heavy atom. The molecule has 1 aromatic rings. The topological polar surface area (TPSA) is 21.3 Å². The summed E-state index contributed by atoms with van der Waals surface area (Å²) in [4.78, 5) is 0. The molecule has 1 N–H and O–H groups in total. The summed E-state index contributed by atoms with van der Waals surface area (Å²) in [5.41, 5.74) is 0.135. The molecular weight excluding hydrogens is 279 g/mol. The summed E-state index contributed by atoms with van der Waals surface area (Å²) in [6.45, 7) is 4.32. The van der Waals surface area contributed by atoms with Crippen LogP contribution in [0.2, 0.25) is 0 Å². The highest BCUT2D eigenvalue weighted by Gasteiger charge is 2.31. The lowest BCUT2D eigenvalue weighted by molar-refractivity contribution is -0.137. The molecule has 1 aliphatic heterocycles. The number of nitrogens with one attached hydrogen (secondary N) is 1. The quantitative estimate of drug-likeness (QED) is 0.851. The molecule has 0 amide bonds. The molecule has 1 saturated heterocycles. The lowest BCUT2D eigenvalue weighted by atomic mass is 9.93. The van der Waals surface area contributed by atoms with Gasteiger partial charge < -0.3 is 10.1 Å². The van der Waals surface area contributed by atoms with E-state index in [4.69, 9.17) is 4.74 Å². The lowest BCUT2D eigenvalue weighted by Crippen LogP contribution is -2.25. The number of benzene rings is 1. The standard InChI is InChI=1S/C16H22F3NO/c1-2-7-20-15(9-12-6-8-21-11-12)13-4-3-5-14(10-13)16(17,18)19/h3-5,10,12,15,20H,2,6-9,11H2,1H3. The summed E-state index contributed by atoms with van der Waals surface area (Å²) in [5.74, 6) is 0.425. The van der Waals surface area contributed by atoms with Gasteiger partial charge in [0, 0.05) is 19.3 Å². The molecule has 0 saturated carbocycles. The van der Waals surface area contributed by atoms with Crippen molar-refractivity contribution in [1.29, 1.82) is 0 Å². The van der Waals surface area contributed by atoms with Crippen molar-refractivity contribution in [2.75, 3.05) is 19.8 Å². The molecule has 5 heteroatoms. The Morgan fingerprint density at radius 2 is 2.19 bits per heavy atom. The first kappa shape index (κ1) is 16.3. The van der Waals surface area contributed by atoms with Crippen LogP contribution in [0.15, 0.2) is 24.3 Å². The highest BCUT2D eigenvalue weighted by atomic mass is 19.4. The first-order valence-corrected chi connectivity index (χ1v) is 7.49. The van der Waals surface area contributed by atoms with Crippen LogP contribution in [0.4, 0.5) is 13.2 Å². The average molecular weight is 301 g/mol. The van der Waals surface area contributed by atoms with Gasteiger partial charge in [0.1, 0.15) is 0 Å². The summed E-state index contributed by atoms with van der Waals surface area (Å²) in [7, 11) is 0. The van der Waals surface area contributed by atoms with E-state index in [1.54, 1.807) is 6.07 Å². The Hall–Kier alpha value is -1.07. The van der Waals surface area contributed by atoms with Crippen molar-refractivity contribution in [2.45, 2.75) is 38.4 Å². The maximum absolute atomic E-state index is 12.8. The van der Waals surface area contributed by atoms with E-state index in [1.165, 1.54) is 12.1 Å². The minimum atomic E-state index is -4.29. The number of hydrogen-bond acceptors (Lipinski definition) is 2. The van der Waals surface area contributed by atoms with Crippen LogP contribution in [0.5, 0.6) is 0 Å². The third-order valence-corrected chi connectivity index (χ3v) is 3.85. The molecule has 2 atom stereocenters. The maximum Gasteiger partial charge on any atom is 0.416 e. The second-order valence-corrected chi connectivity index (χ2v) is 5.60. The van der Waals surface area contributed by atoms with Crippen LogP contribution in [0.25, 0.3) is 0 Å². The fraction of sp³-hybridized carbons (Fsp3) is 0.625. The summed E-state index contributed by atoms with van der Waals surface area (Å²) in [6, 6.07) is 5.61. The zero-order valence-corrected chi connectivity index (χ0v) is 12.2. The Morgan fingerprint density at radius 3 is 2.81 bits per heavy atom. The van der Waals surface area contributed by atoms with Crippen molar-refractivity contribution >= 4 is 0 Å². The second kappa shape index (κ2) is 7.27. The van der Waals surface area contributed by atoms with E-state index in [2.05, 4.69) is 12.2 Å². The molecule has 1 aliphatic rings. The van der Waals surface area contributed by atoms with Crippen molar-refractivity contribution in [1.82, 2.24) is 5.32 Å². The van der Waals surface area contributed by atoms with Gasteiger partial charge in [0.25, 0.3) is 0 Å². The van der Waals surface area contributed by atoms with Gasteiger partial charge in [-0.3, -0.25) is 0 Å². The van der Waals surface area contributed by atoms with E-state index >= 15 is 0 Å². The van der Waals surface area contributed by atoms with Crippen LogP contribution in [-0.2, 0) is 10.9 Å². The smallest absolute Gasteiger partial charge is 0.381 e. The molecule has 2 rings (SSSR count). The molecule has 0 aromatic heterocycles. The molecule has 1 heterocycles. The molecule has 0 aliphatic carbocycles. The summed E-state index contributed by atoms with van der Waals surface area (Å²) >= 11 is 0. The zero-order valence-electron chi connectivity index (χ0n) is 12.2. The van der Waals surface area contributed by atoms with E-state index in [0.29, 0.717) is 18.1 Å². The number of ether oxygens (including phenoxy) is 1. The minimum absolute atomic E-state index is 0.0426. The third kappa shape index (κ3) is 4.71. The lowest BCUT2D eigenvalue weighted by Gasteiger charge is -2.22. The molecule has 2 unspecified atom stereocenters. The maximum atomic E-state index is 12.8. The van der Waals surface area contributed by atoms with Crippen LogP contribution in [0, 0.1) is 5.92 Å². The van der Waals surface area contributed by atoms with Crippen molar-refractivity contribution in [2.24, 2.45) is 5.92 Å². The normalized spacial score (nSPS) is 20.7. The highest BCUT2D eigenvalue weighted by molar-refractivity contribution is 5.28. The fourth-order valence-corrected chi connectivity index (χ4v) is 2.69. The molecule has 1 fully saturated rings. The van der Waals surface area contributed by atoms with Crippen LogP contribution in [-0.4, -0.2) is 19.8 Å². The molecule has 0 radical (unpaired) electrons. The summed E-state index contributed by atoms with van der Waals surface area (Å²) in [6.07, 6.45) is -1.52. The summed E-state index contributed by atoms with van der Waals surface area (Å²) in [5, 5.41) is 3.37. The van der Waals surface area contributed by atoms with Gasteiger partial charge in [-0.05, 0) is 49.4 Å². The third-order valence-electron chi connectivity index (χ3n) is 3.85. The molecule has 21 heavy (non-hydrogen) atoms. The van der Waals surface area contributed by atoms with Crippen LogP contribution in [0.3, 0.4) is 0 Å². The van der Waals surface area contributed by atoms with Gasteiger partial charge in [-0.15, -0.1) is 0 Å². The highest BCUT2D eigenvalue weighted by Crippen LogP contribution is 2.33. The summed E-state index contributed by atoms with van der Waals surface area (Å²) < 4.78 is 43.9. The number of hydrogen-bond donors (Lipinski definition) is 1. The number of halogens is 3. The van der Waals surface area contributed by atoms with E-state index in [1.807, 2.05) is 0 Å². The van der Waals surface area contributed by atoms with E-state index in [-0.39, 0.29) is 6.04 Å². The zero-order chi connectivity index (χ0) is 15.3. The second-order valence-electron chi connectivity index (χ2n) is 5.60. The van der Waals surface area contributed by atoms with Gasteiger partial charge in [0.05, 0.1) is 5.56 Å². The van der Waals surface area contributed by atoms with Crippen LogP contribution in [0.1, 0.15) is 43.4 Å². The van der Waals surface area contributed by atoms with Gasteiger partial charge in [0.2, 0.25) is 0 Å². The predicted molar refractivity (Wildman–Crippen MR) is 76.0 cm³/mol. The van der Waals surface area contributed by atoms with Gasteiger partial charge in [0.15, 0.2) is 0 Å². The van der Waals surface area contributed by atoms with E-state index in [0.717, 1.165) is 38.5 Å². The van der Waals surface area contributed by atoms with Crippen molar-refractivity contribution in [3.05, 3.63) is 35.4 Å². The Bertz CT molecular complexity index is 441. The van der Waals surface area contributed by atoms with Crippen LogP contribution >= 0.6 is 0 Å². The average Bonchev–Trinajstić information content (AvgIpc) is 2.95. The first-order chi connectivity index (χ1) is 10.0. The molecule has 2 nitrogen and oxygen atoms in total. The Labute approximate surface area is 123 Å². The van der Waals surface area contributed by atoms with Crippen LogP contribution < -0.4 is 5.32 Å². The van der Waals surface area contributed by atoms with Gasteiger partial charge in [-0.2, -0.15) is 13.2 Å². The van der Waals surface area contributed by atoms with Crippen molar-refractivity contribution in [3.63, 3.8) is 0 Å². The Kier molecular flexibility index (Phi) is 5.65. The van der Waals surface area contributed by atoms with Gasteiger partial charge in [-0.25, -0.2) is 0 Å². The molecule has 0 bridgehead atoms. The largest absolute Gasteiger partial charge is 0.416 e. The number of alkyl halides is 3. The number of rotatable bonds is 6. The van der Waals surface area contributed by atoms with Crippen molar-refractivity contribution < 1.29 is 17.9 Å². The Balaban J connectivity index is 2.14. The van der Waals surface area contributed by atoms with Crippen molar-refractivity contribution in [3.8, 4) is 0 Å². The predicted octanol–water partition coefficient (Wildman–Crippen LogP) is 4.17.